The minimum atomic E-state index is -0.112. The maximum absolute atomic E-state index is 11.9. The van der Waals surface area contributed by atoms with Crippen LogP contribution in [-0.4, -0.2) is 24.3 Å². The van der Waals surface area contributed by atoms with E-state index in [1.807, 2.05) is 0 Å². The van der Waals surface area contributed by atoms with Crippen LogP contribution < -0.4 is 0 Å². The SMILES string of the molecule is CC(C)[C@@H]1CC[C@@H](C)C[C@H]1C(=O)OCCO. The number of aliphatic hydroxyl groups is 1. The molecule has 3 heteroatoms. The second-order valence-electron chi connectivity index (χ2n) is 5.32. The largest absolute Gasteiger partial charge is 0.463 e. The summed E-state index contributed by atoms with van der Waals surface area (Å²) in [6.07, 6.45) is 3.28. The van der Waals surface area contributed by atoms with E-state index in [1.54, 1.807) is 0 Å². The van der Waals surface area contributed by atoms with E-state index >= 15 is 0 Å². The molecule has 0 amide bonds. The van der Waals surface area contributed by atoms with E-state index in [9.17, 15) is 4.79 Å². The van der Waals surface area contributed by atoms with Crippen LogP contribution in [0.4, 0.5) is 0 Å². The van der Waals surface area contributed by atoms with Gasteiger partial charge in [0.05, 0.1) is 12.5 Å². The second kappa shape index (κ2) is 6.24. The predicted molar refractivity (Wildman–Crippen MR) is 62.9 cm³/mol. The van der Waals surface area contributed by atoms with Gasteiger partial charge in [0, 0.05) is 0 Å². The van der Waals surface area contributed by atoms with Gasteiger partial charge in [-0.25, -0.2) is 0 Å². The van der Waals surface area contributed by atoms with Gasteiger partial charge in [0.25, 0.3) is 0 Å². The molecular weight excluding hydrogens is 204 g/mol. The van der Waals surface area contributed by atoms with E-state index in [1.165, 1.54) is 6.42 Å². The monoisotopic (exact) mass is 228 g/mol. The summed E-state index contributed by atoms with van der Waals surface area (Å²) in [4.78, 5) is 11.9. The molecule has 0 spiro atoms. The zero-order chi connectivity index (χ0) is 12.1. The van der Waals surface area contributed by atoms with Crippen LogP contribution in [0.5, 0.6) is 0 Å². The molecule has 0 aromatic rings. The van der Waals surface area contributed by atoms with Crippen molar-refractivity contribution in [1.29, 1.82) is 0 Å². The lowest BCUT2D eigenvalue weighted by molar-refractivity contribution is -0.154. The average molecular weight is 228 g/mol. The van der Waals surface area contributed by atoms with Crippen molar-refractivity contribution in [1.82, 2.24) is 0 Å². The summed E-state index contributed by atoms with van der Waals surface area (Å²) >= 11 is 0. The van der Waals surface area contributed by atoms with Gasteiger partial charge in [-0.05, 0) is 30.6 Å². The molecule has 0 unspecified atom stereocenters. The van der Waals surface area contributed by atoms with Crippen molar-refractivity contribution < 1.29 is 14.6 Å². The van der Waals surface area contributed by atoms with E-state index in [-0.39, 0.29) is 25.1 Å². The van der Waals surface area contributed by atoms with E-state index < -0.39 is 0 Å². The topological polar surface area (TPSA) is 46.5 Å². The smallest absolute Gasteiger partial charge is 0.309 e. The first-order valence-electron chi connectivity index (χ1n) is 6.33. The van der Waals surface area contributed by atoms with Crippen LogP contribution in [0.25, 0.3) is 0 Å². The molecule has 0 heterocycles. The molecule has 1 fully saturated rings. The highest BCUT2D eigenvalue weighted by molar-refractivity contribution is 5.73. The third-order valence-electron chi connectivity index (χ3n) is 3.66. The van der Waals surface area contributed by atoms with Crippen LogP contribution in [-0.2, 0) is 9.53 Å². The standard InChI is InChI=1S/C13H24O3/c1-9(2)11-5-4-10(3)8-12(11)13(15)16-7-6-14/h9-12,14H,4-8H2,1-3H3/t10-,11+,12-/m1/s1. The van der Waals surface area contributed by atoms with Gasteiger partial charge in [0.15, 0.2) is 0 Å². The van der Waals surface area contributed by atoms with Crippen molar-refractivity contribution in [2.45, 2.75) is 40.0 Å². The number of aliphatic hydroxyl groups excluding tert-OH is 1. The van der Waals surface area contributed by atoms with Crippen LogP contribution >= 0.6 is 0 Å². The average Bonchev–Trinajstić information content (AvgIpc) is 2.25. The highest BCUT2D eigenvalue weighted by atomic mass is 16.5. The highest BCUT2D eigenvalue weighted by Gasteiger charge is 2.36. The highest BCUT2D eigenvalue weighted by Crippen LogP contribution is 2.38. The van der Waals surface area contributed by atoms with Gasteiger partial charge in [0.1, 0.15) is 6.61 Å². The third-order valence-corrected chi connectivity index (χ3v) is 3.66. The number of esters is 1. The Hall–Kier alpha value is -0.570. The van der Waals surface area contributed by atoms with Crippen molar-refractivity contribution in [2.24, 2.45) is 23.7 Å². The summed E-state index contributed by atoms with van der Waals surface area (Å²) in [6, 6.07) is 0. The van der Waals surface area contributed by atoms with Gasteiger partial charge >= 0.3 is 5.97 Å². The minimum Gasteiger partial charge on any atom is -0.463 e. The van der Waals surface area contributed by atoms with Gasteiger partial charge in [0.2, 0.25) is 0 Å². The summed E-state index contributed by atoms with van der Waals surface area (Å²) < 4.78 is 5.07. The number of ether oxygens (including phenoxy) is 1. The first-order valence-corrected chi connectivity index (χ1v) is 6.33. The molecule has 1 aliphatic rings. The summed E-state index contributed by atoms with van der Waals surface area (Å²) in [5, 5.41) is 8.66. The molecule has 0 saturated heterocycles. The summed E-state index contributed by atoms with van der Waals surface area (Å²) in [6.45, 7) is 6.59. The Bertz CT molecular complexity index is 225. The van der Waals surface area contributed by atoms with Gasteiger partial charge in [-0.15, -0.1) is 0 Å². The molecule has 0 aliphatic heterocycles. The van der Waals surface area contributed by atoms with Crippen LogP contribution in [0.15, 0.2) is 0 Å². The van der Waals surface area contributed by atoms with E-state index in [0.29, 0.717) is 17.8 Å². The van der Waals surface area contributed by atoms with Crippen molar-refractivity contribution in [3.05, 3.63) is 0 Å². The first-order chi connectivity index (χ1) is 7.56. The lowest BCUT2D eigenvalue weighted by atomic mass is 9.70. The number of hydrogen-bond donors (Lipinski definition) is 1. The quantitative estimate of drug-likeness (QED) is 0.751. The minimum absolute atomic E-state index is 0.0373. The molecule has 3 atom stereocenters. The molecule has 3 nitrogen and oxygen atoms in total. The Morgan fingerprint density at radius 2 is 2.12 bits per heavy atom. The van der Waals surface area contributed by atoms with Crippen molar-refractivity contribution in [3.8, 4) is 0 Å². The van der Waals surface area contributed by atoms with Crippen LogP contribution in [0, 0.1) is 23.7 Å². The number of carbonyl (C=O) groups excluding carboxylic acids is 1. The molecule has 0 bridgehead atoms. The normalized spacial score (nSPS) is 30.4. The van der Waals surface area contributed by atoms with Crippen LogP contribution in [0.3, 0.4) is 0 Å². The molecular formula is C13H24O3. The molecule has 0 radical (unpaired) electrons. The summed E-state index contributed by atoms with van der Waals surface area (Å²) in [7, 11) is 0. The maximum Gasteiger partial charge on any atom is 0.309 e. The lowest BCUT2D eigenvalue weighted by Gasteiger charge is -2.35. The Morgan fingerprint density at radius 1 is 1.44 bits per heavy atom. The van der Waals surface area contributed by atoms with E-state index in [2.05, 4.69) is 20.8 Å². The van der Waals surface area contributed by atoms with E-state index in [0.717, 1.165) is 12.8 Å². The third kappa shape index (κ3) is 3.48. The Morgan fingerprint density at radius 3 is 2.69 bits per heavy atom. The Labute approximate surface area is 98.2 Å². The summed E-state index contributed by atoms with van der Waals surface area (Å²) in [5.74, 6) is 1.51. The maximum atomic E-state index is 11.9. The fourth-order valence-corrected chi connectivity index (χ4v) is 2.73. The number of rotatable bonds is 4. The molecule has 0 aromatic carbocycles. The van der Waals surface area contributed by atoms with Crippen molar-refractivity contribution in [2.75, 3.05) is 13.2 Å². The van der Waals surface area contributed by atoms with Crippen molar-refractivity contribution in [3.63, 3.8) is 0 Å². The molecule has 1 aliphatic carbocycles. The lowest BCUT2D eigenvalue weighted by Crippen LogP contribution is -2.34. The number of carbonyl (C=O) groups is 1. The second-order valence-corrected chi connectivity index (χ2v) is 5.32. The van der Waals surface area contributed by atoms with E-state index in [4.69, 9.17) is 9.84 Å². The molecule has 1 saturated carbocycles. The van der Waals surface area contributed by atoms with Crippen LogP contribution in [0.1, 0.15) is 40.0 Å². The molecule has 0 aromatic heterocycles. The van der Waals surface area contributed by atoms with Gasteiger partial charge in [-0.1, -0.05) is 27.2 Å². The summed E-state index contributed by atoms with van der Waals surface area (Å²) in [5.41, 5.74) is 0. The fourth-order valence-electron chi connectivity index (χ4n) is 2.73. The fraction of sp³-hybridized carbons (Fsp3) is 0.923. The molecule has 1 N–H and O–H groups in total. The van der Waals surface area contributed by atoms with Crippen molar-refractivity contribution >= 4 is 5.97 Å². The zero-order valence-electron chi connectivity index (χ0n) is 10.6. The Kier molecular flexibility index (Phi) is 5.26. The van der Waals surface area contributed by atoms with Gasteiger partial charge in [-0.2, -0.15) is 0 Å². The molecule has 94 valence electrons. The number of hydrogen-bond acceptors (Lipinski definition) is 3. The molecule has 16 heavy (non-hydrogen) atoms. The zero-order valence-corrected chi connectivity index (χ0v) is 10.6. The van der Waals surface area contributed by atoms with Gasteiger partial charge < -0.3 is 9.84 Å². The predicted octanol–water partition coefficient (Wildman–Crippen LogP) is 2.23. The molecule has 1 rings (SSSR count). The van der Waals surface area contributed by atoms with Crippen LogP contribution in [0.2, 0.25) is 0 Å². The Balaban J connectivity index is 2.59. The van der Waals surface area contributed by atoms with Gasteiger partial charge in [-0.3, -0.25) is 4.79 Å². The first kappa shape index (κ1) is 13.5.